The number of hydrogen-bond donors (Lipinski definition) is 6. The molecule has 6 atom stereocenters. The molecule has 1 unspecified atom stereocenters. The smallest absolute Gasteiger partial charge is 0.328 e. The van der Waals surface area contributed by atoms with E-state index in [2.05, 4.69) is 25.0 Å². The topological polar surface area (TPSA) is 251 Å². The number of nitrogens with two attached hydrogens (primary N) is 1. The molecule has 0 bridgehead atoms. The van der Waals surface area contributed by atoms with Gasteiger partial charge in [0.2, 0.25) is 17.7 Å². The molecule has 0 amide bonds. The Hall–Kier alpha value is -3.19. The summed E-state index contributed by atoms with van der Waals surface area (Å²) in [6.07, 6.45) is -3.14. The van der Waals surface area contributed by atoms with Gasteiger partial charge in [0.05, 0.1) is 31.8 Å². The highest BCUT2D eigenvalue weighted by molar-refractivity contribution is 8.55. The van der Waals surface area contributed by atoms with Crippen LogP contribution in [0.2, 0.25) is 0 Å². The highest BCUT2D eigenvalue weighted by atomic mass is 32.7. The van der Waals surface area contributed by atoms with E-state index >= 15 is 0 Å². The third-order valence-electron chi connectivity index (χ3n) is 6.65. The molecule has 4 heterocycles. The number of carbonyl (C=O) groups is 1. The Morgan fingerprint density at radius 2 is 2.07 bits per heavy atom. The number of methoxy groups -OCH3 is 1. The zero-order valence-corrected chi connectivity index (χ0v) is 26.0. The molecule has 3 aromatic rings. The normalized spacial score (nSPS) is 24.3. The summed E-state index contributed by atoms with van der Waals surface area (Å²) in [5.74, 6) is -1.31. The van der Waals surface area contributed by atoms with Crippen LogP contribution in [0.4, 0.5) is 5.95 Å². The number of ether oxygens (including phenoxy) is 3. The van der Waals surface area contributed by atoms with Crippen molar-refractivity contribution in [3.63, 3.8) is 0 Å². The molecule has 1 aliphatic rings. The third-order valence-corrected chi connectivity index (χ3v) is 10.6. The lowest BCUT2D eigenvalue weighted by atomic mass is 9.96. The van der Waals surface area contributed by atoms with Gasteiger partial charge in [0.1, 0.15) is 23.9 Å². The summed E-state index contributed by atoms with van der Waals surface area (Å²) in [6.45, 7) is 1.52. The largest absolute Gasteiger partial charge is 0.493 e. The summed E-state index contributed by atoms with van der Waals surface area (Å²) in [5.41, 5.74) is 3.83. The maximum atomic E-state index is 14.0. The minimum Gasteiger partial charge on any atom is -0.493 e. The van der Waals surface area contributed by atoms with Crippen molar-refractivity contribution in [1.82, 2.24) is 34.2 Å². The van der Waals surface area contributed by atoms with Crippen molar-refractivity contribution in [1.29, 1.82) is 0 Å². The Kier molecular flexibility index (Phi) is 9.46. The number of rotatable bonds is 12. The van der Waals surface area contributed by atoms with Gasteiger partial charge in [-0.1, -0.05) is 0 Å². The SMILES string of the molecule is COc1nc(N)nc2c1ncn2[C@@H]1OC(CO[P@](=O)(N[C@@H](C)C(=O)OC(C)C)SCc2c(O)[nH]c(=O)n2C)[C@@H](O)[C@@]1(C)O. The van der Waals surface area contributed by atoms with Crippen LogP contribution < -0.4 is 21.2 Å². The first-order chi connectivity index (χ1) is 20.1. The van der Waals surface area contributed by atoms with Crippen molar-refractivity contribution in [3.8, 4) is 11.8 Å². The summed E-state index contributed by atoms with van der Waals surface area (Å²) in [5, 5.41) is 35.0. The maximum Gasteiger partial charge on any atom is 0.328 e. The van der Waals surface area contributed by atoms with Crippen LogP contribution in [-0.4, -0.2) is 94.0 Å². The van der Waals surface area contributed by atoms with Gasteiger partial charge in [0.15, 0.2) is 17.4 Å². The molecule has 43 heavy (non-hydrogen) atoms. The first-order valence-electron chi connectivity index (χ1n) is 13.0. The molecule has 0 radical (unpaired) electrons. The van der Waals surface area contributed by atoms with Gasteiger partial charge in [-0.2, -0.15) is 9.97 Å². The second-order valence-corrected chi connectivity index (χ2v) is 14.6. The number of nitrogens with one attached hydrogen (secondary N) is 2. The molecule has 0 spiro atoms. The number of anilines is 1. The number of aromatic hydroxyl groups is 1. The summed E-state index contributed by atoms with van der Waals surface area (Å²) >= 11 is 0.689. The number of imidazole rings is 2. The molecule has 3 aromatic heterocycles. The van der Waals surface area contributed by atoms with E-state index in [0.717, 1.165) is 4.57 Å². The van der Waals surface area contributed by atoms with E-state index in [1.807, 2.05) is 0 Å². The average molecular weight is 647 g/mol. The number of carbonyl (C=O) groups excluding carboxylic acids is 1. The second kappa shape index (κ2) is 12.4. The van der Waals surface area contributed by atoms with Gasteiger partial charge in [-0.25, -0.2) is 14.9 Å². The Labute approximate surface area is 249 Å². The van der Waals surface area contributed by atoms with Crippen LogP contribution in [0, 0.1) is 0 Å². The van der Waals surface area contributed by atoms with Crippen LogP contribution >= 0.6 is 18.1 Å². The van der Waals surface area contributed by atoms with Gasteiger partial charge < -0.3 is 39.8 Å². The van der Waals surface area contributed by atoms with Crippen LogP contribution in [0.1, 0.15) is 39.6 Å². The quantitative estimate of drug-likeness (QED) is 0.113. The lowest BCUT2D eigenvalue weighted by Crippen LogP contribution is -2.44. The lowest BCUT2D eigenvalue weighted by molar-refractivity contribution is -0.149. The van der Waals surface area contributed by atoms with E-state index in [9.17, 15) is 29.5 Å². The Balaban J connectivity index is 1.57. The second-order valence-electron chi connectivity index (χ2n) is 10.3. The van der Waals surface area contributed by atoms with Crippen LogP contribution in [0.15, 0.2) is 11.1 Å². The molecular formula is C23H35N8O10PS. The molecule has 1 fully saturated rings. The number of aliphatic hydroxyl groups excluding tert-OH is 1. The lowest BCUT2D eigenvalue weighted by Gasteiger charge is -2.27. The van der Waals surface area contributed by atoms with Crippen molar-refractivity contribution in [3.05, 3.63) is 22.5 Å². The highest BCUT2D eigenvalue weighted by Gasteiger charge is 2.54. The Morgan fingerprint density at radius 1 is 1.37 bits per heavy atom. The van der Waals surface area contributed by atoms with E-state index < -0.39 is 67.1 Å². The van der Waals surface area contributed by atoms with Gasteiger partial charge in [0, 0.05) is 12.8 Å². The fraction of sp³-hybridized carbons (Fsp3) is 0.609. The van der Waals surface area contributed by atoms with Crippen LogP contribution in [0.5, 0.6) is 11.8 Å². The minimum absolute atomic E-state index is 0.0967. The monoisotopic (exact) mass is 646 g/mol. The third kappa shape index (κ3) is 6.67. The van der Waals surface area contributed by atoms with E-state index in [1.165, 1.54) is 38.9 Å². The van der Waals surface area contributed by atoms with Gasteiger partial charge >= 0.3 is 18.4 Å². The number of fused-ring (bicyclic) bond motifs is 1. The molecule has 0 saturated carbocycles. The number of aliphatic hydroxyl groups is 2. The molecule has 18 nitrogen and oxygen atoms in total. The molecule has 1 aliphatic heterocycles. The van der Waals surface area contributed by atoms with Gasteiger partial charge in [0.25, 0.3) is 0 Å². The van der Waals surface area contributed by atoms with E-state index in [-0.39, 0.29) is 34.4 Å². The molecule has 20 heteroatoms. The number of esters is 1. The predicted molar refractivity (Wildman–Crippen MR) is 153 cm³/mol. The molecule has 238 valence electrons. The van der Waals surface area contributed by atoms with Gasteiger partial charge in [-0.15, -0.1) is 0 Å². The van der Waals surface area contributed by atoms with Crippen molar-refractivity contribution < 1.29 is 43.4 Å². The minimum atomic E-state index is -4.05. The van der Waals surface area contributed by atoms with Crippen molar-refractivity contribution in [2.75, 3.05) is 19.5 Å². The zero-order valence-electron chi connectivity index (χ0n) is 24.2. The molecule has 0 aromatic carbocycles. The summed E-state index contributed by atoms with van der Waals surface area (Å²) in [7, 11) is 2.79. The maximum absolute atomic E-state index is 14.0. The fourth-order valence-corrected chi connectivity index (χ4v) is 8.11. The van der Waals surface area contributed by atoms with Crippen LogP contribution in [0.25, 0.3) is 11.2 Å². The first-order valence-corrected chi connectivity index (χ1v) is 16.2. The van der Waals surface area contributed by atoms with Gasteiger partial charge in [-0.3, -0.25) is 23.5 Å². The standard InChI is InChI=1S/C23H35N8O10PS/c1-10(2)40-19(34)11(3)29-42(37,43-8-12-17(33)27-22(35)30(12)5)39-7-13-15(32)23(4,36)20(41-13)31-9-25-14-16(31)26-21(24)28-18(14)38-6/h9-11,13,15,20,32-33,36H,7-8H2,1-6H3,(H,27,35)(H,29,37)(H2,24,26,28)/t11-,13?,15+,20+,23+,42+/m0/s1. The highest BCUT2D eigenvalue weighted by Crippen LogP contribution is 2.58. The fourth-order valence-electron chi connectivity index (χ4n) is 4.36. The summed E-state index contributed by atoms with van der Waals surface area (Å²) < 4.78 is 38.6. The van der Waals surface area contributed by atoms with Crippen molar-refractivity contribution >= 4 is 41.2 Å². The number of nitrogens with zero attached hydrogens (tertiary/aromatic N) is 5. The van der Waals surface area contributed by atoms with E-state index in [1.54, 1.807) is 13.8 Å². The summed E-state index contributed by atoms with van der Waals surface area (Å²) in [4.78, 5) is 38.9. The summed E-state index contributed by atoms with van der Waals surface area (Å²) in [6, 6.07) is -1.09. The van der Waals surface area contributed by atoms with Crippen LogP contribution in [-0.2, 0) is 36.2 Å². The molecular weight excluding hydrogens is 611 g/mol. The van der Waals surface area contributed by atoms with E-state index in [0.29, 0.717) is 11.4 Å². The van der Waals surface area contributed by atoms with Crippen LogP contribution in [0.3, 0.4) is 0 Å². The number of aromatic nitrogens is 6. The molecule has 1 saturated heterocycles. The number of nitrogen functional groups attached to an aromatic ring is 1. The number of aromatic amines is 1. The molecule has 4 rings (SSSR count). The average Bonchev–Trinajstić information content (AvgIpc) is 3.52. The van der Waals surface area contributed by atoms with Crippen molar-refractivity contribution in [2.45, 2.75) is 69.6 Å². The Bertz CT molecular complexity index is 1590. The molecule has 0 aliphatic carbocycles. The zero-order chi connectivity index (χ0) is 31.9. The van der Waals surface area contributed by atoms with Gasteiger partial charge in [-0.05, 0) is 39.1 Å². The van der Waals surface area contributed by atoms with Crippen molar-refractivity contribution in [2.24, 2.45) is 7.05 Å². The molecule has 7 N–H and O–H groups in total. The first kappa shape index (κ1) is 32.7. The Morgan fingerprint density at radius 3 is 2.67 bits per heavy atom. The number of hydrogen-bond acceptors (Lipinski definition) is 15. The number of H-pyrrole nitrogens is 1. The van der Waals surface area contributed by atoms with E-state index in [4.69, 9.17) is 24.5 Å². The predicted octanol–water partition coefficient (Wildman–Crippen LogP) is 0.147.